The van der Waals surface area contributed by atoms with Gasteiger partial charge in [0.05, 0.1) is 16.7 Å². The predicted octanol–water partition coefficient (Wildman–Crippen LogP) is 0.0695. The SMILES string of the molecule is CN1C(=O)CCC(n2c(=O)n(C)c3c(N4CCNCC4)cccc32)C1=O. The summed E-state index contributed by atoms with van der Waals surface area (Å²) in [4.78, 5) is 40.8. The first-order valence-corrected chi connectivity index (χ1v) is 8.96. The molecule has 3 heterocycles. The monoisotopic (exact) mass is 357 g/mol. The summed E-state index contributed by atoms with van der Waals surface area (Å²) in [7, 11) is 3.23. The Morgan fingerprint density at radius 2 is 1.81 bits per heavy atom. The number of rotatable bonds is 2. The minimum atomic E-state index is -0.632. The molecule has 1 N–H and O–H groups in total. The summed E-state index contributed by atoms with van der Waals surface area (Å²) < 4.78 is 3.18. The molecule has 1 aromatic carbocycles. The molecule has 0 saturated carbocycles. The number of carbonyl (C=O) groups is 2. The van der Waals surface area contributed by atoms with Crippen molar-refractivity contribution in [2.75, 3.05) is 38.1 Å². The lowest BCUT2D eigenvalue weighted by Gasteiger charge is -2.30. The maximum Gasteiger partial charge on any atom is 0.329 e. The number of aryl methyl sites for hydroxylation is 1. The number of carbonyl (C=O) groups excluding carboxylic acids is 2. The number of benzene rings is 1. The molecule has 0 radical (unpaired) electrons. The number of amides is 2. The van der Waals surface area contributed by atoms with Crippen LogP contribution in [-0.4, -0.2) is 59.1 Å². The standard InChI is InChI=1S/C18H23N5O3/c1-20-15(24)7-6-14(17(20)25)23-13-5-3-4-12(16(13)21(2)18(23)26)22-10-8-19-9-11-22/h3-5,14,19H,6-11H2,1-2H3. The van der Waals surface area contributed by atoms with E-state index in [-0.39, 0.29) is 23.9 Å². The lowest BCUT2D eigenvalue weighted by atomic mass is 10.0. The fourth-order valence-corrected chi connectivity index (χ4v) is 4.02. The van der Waals surface area contributed by atoms with Gasteiger partial charge in [-0.3, -0.25) is 23.6 Å². The van der Waals surface area contributed by atoms with Crippen molar-refractivity contribution in [3.8, 4) is 0 Å². The molecule has 0 spiro atoms. The molecule has 8 nitrogen and oxygen atoms in total. The zero-order valence-electron chi connectivity index (χ0n) is 15.1. The van der Waals surface area contributed by atoms with Crippen LogP contribution in [0.15, 0.2) is 23.0 Å². The summed E-state index contributed by atoms with van der Waals surface area (Å²) in [6, 6.07) is 5.20. The Hall–Kier alpha value is -2.61. The van der Waals surface area contributed by atoms with Crippen molar-refractivity contribution in [1.82, 2.24) is 19.4 Å². The maximum atomic E-state index is 13.0. The molecule has 0 aliphatic carbocycles. The average Bonchev–Trinajstić information content (AvgIpc) is 2.92. The van der Waals surface area contributed by atoms with Gasteiger partial charge in [0.2, 0.25) is 5.91 Å². The van der Waals surface area contributed by atoms with E-state index in [9.17, 15) is 14.4 Å². The van der Waals surface area contributed by atoms with Crippen molar-refractivity contribution in [1.29, 1.82) is 0 Å². The van der Waals surface area contributed by atoms with Crippen molar-refractivity contribution in [3.63, 3.8) is 0 Å². The van der Waals surface area contributed by atoms with Crippen LogP contribution in [0.25, 0.3) is 11.0 Å². The van der Waals surface area contributed by atoms with Gasteiger partial charge in [0.1, 0.15) is 6.04 Å². The van der Waals surface area contributed by atoms with Gasteiger partial charge in [-0.05, 0) is 18.6 Å². The molecule has 138 valence electrons. The normalized spacial score (nSPS) is 21.7. The van der Waals surface area contributed by atoms with Gasteiger partial charge < -0.3 is 10.2 Å². The highest BCUT2D eigenvalue weighted by Gasteiger charge is 2.35. The van der Waals surface area contributed by atoms with Crippen molar-refractivity contribution < 1.29 is 9.59 Å². The maximum absolute atomic E-state index is 13.0. The van der Waals surface area contributed by atoms with Crippen molar-refractivity contribution in [2.45, 2.75) is 18.9 Å². The number of anilines is 1. The molecule has 8 heteroatoms. The van der Waals surface area contributed by atoms with Crippen LogP contribution in [0.5, 0.6) is 0 Å². The summed E-state index contributed by atoms with van der Waals surface area (Å²) in [6.45, 7) is 3.55. The number of para-hydroxylation sites is 1. The second-order valence-corrected chi connectivity index (χ2v) is 6.94. The molecule has 1 atom stereocenters. The summed E-state index contributed by atoms with van der Waals surface area (Å²) in [5.41, 5.74) is 2.38. The molecule has 1 unspecified atom stereocenters. The lowest BCUT2D eigenvalue weighted by Crippen LogP contribution is -2.45. The van der Waals surface area contributed by atoms with Crippen molar-refractivity contribution >= 4 is 28.5 Å². The van der Waals surface area contributed by atoms with Gasteiger partial charge in [-0.1, -0.05) is 6.07 Å². The average molecular weight is 357 g/mol. The second-order valence-electron chi connectivity index (χ2n) is 6.94. The Kier molecular flexibility index (Phi) is 4.07. The van der Waals surface area contributed by atoms with Crippen LogP contribution in [-0.2, 0) is 16.6 Å². The Balaban J connectivity index is 1.87. The number of hydrogen-bond acceptors (Lipinski definition) is 5. The van der Waals surface area contributed by atoms with Gasteiger partial charge in [0, 0.05) is 46.7 Å². The Morgan fingerprint density at radius 3 is 2.54 bits per heavy atom. The molecule has 26 heavy (non-hydrogen) atoms. The van der Waals surface area contributed by atoms with E-state index in [4.69, 9.17) is 0 Å². The lowest BCUT2D eigenvalue weighted by molar-refractivity contribution is -0.149. The number of imidazole rings is 1. The molecule has 2 aliphatic rings. The Labute approximate surface area is 151 Å². The first-order chi connectivity index (χ1) is 12.5. The number of likely N-dealkylation sites (N-methyl/N-ethyl adjacent to an activating group) is 1. The minimum Gasteiger partial charge on any atom is -0.367 e. The smallest absolute Gasteiger partial charge is 0.329 e. The molecule has 2 fully saturated rings. The molecule has 2 aliphatic heterocycles. The van der Waals surface area contributed by atoms with E-state index in [1.807, 2.05) is 18.2 Å². The van der Waals surface area contributed by atoms with Crippen molar-refractivity contribution in [2.24, 2.45) is 7.05 Å². The minimum absolute atomic E-state index is 0.193. The predicted molar refractivity (Wildman–Crippen MR) is 98.3 cm³/mol. The first kappa shape index (κ1) is 16.8. The number of piperazine rings is 1. The van der Waals surface area contributed by atoms with Crippen LogP contribution < -0.4 is 15.9 Å². The van der Waals surface area contributed by atoms with Gasteiger partial charge in [0.15, 0.2) is 0 Å². The number of piperidine rings is 1. The number of nitrogens with one attached hydrogen (secondary N) is 1. The van der Waals surface area contributed by atoms with E-state index in [1.54, 1.807) is 16.2 Å². The zero-order chi connectivity index (χ0) is 18.4. The van der Waals surface area contributed by atoms with Gasteiger partial charge in [-0.15, -0.1) is 0 Å². The van der Waals surface area contributed by atoms with Crippen LogP contribution in [0.3, 0.4) is 0 Å². The number of likely N-dealkylation sites (tertiary alicyclic amines) is 1. The number of aromatic nitrogens is 2. The van der Waals surface area contributed by atoms with E-state index in [2.05, 4.69) is 10.2 Å². The van der Waals surface area contributed by atoms with E-state index in [0.29, 0.717) is 6.42 Å². The van der Waals surface area contributed by atoms with Gasteiger partial charge >= 0.3 is 5.69 Å². The summed E-state index contributed by atoms with van der Waals surface area (Å²) in [5.74, 6) is -0.510. The van der Waals surface area contributed by atoms with E-state index in [0.717, 1.165) is 47.8 Å². The largest absolute Gasteiger partial charge is 0.367 e. The van der Waals surface area contributed by atoms with Crippen LogP contribution in [0.1, 0.15) is 18.9 Å². The van der Waals surface area contributed by atoms with E-state index >= 15 is 0 Å². The van der Waals surface area contributed by atoms with E-state index in [1.165, 1.54) is 7.05 Å². The second kappa shape index (κ2) is 6.28. The number of fused-ring (bicyclic) bond motifs is 1. The highest BCUT2D eigenvalue weighted by molar-refractivity contribution is 6.00. The van der Waals surface area contributed by atoms with Gasteiger partial charge in [-0.2, -0.15) is 0 Å². The topological polar surface area (TPSA) is 79.6 Å². The van der Waals surface area contributed by atoms with Crippen LogP contribution in [0, 0.1) is 0 Å². The third-order valence-electron chi connectivity index (χ3n) is 5.47. The summed E-state index contributed by atoms with van der Waals surface area (Å²) in [5, 5.41) is 3.33. The molecule has 2 amide bonds. The zero-order valence-corrected chi connectivity index (χ0v) is 15.1. The van der Waals surface area contributed by atoms with Crippen LogP contribution >= 0.6 is 0 Å². The number of hydrogen-bond donors (Lipinski definition) is 1. The summed E-state index contributed by atoms with van der Waals surface area (Å²) in [6.07, 6.45) is 0.631. The van der Waals surface area contributed by atoms with Crippen LogP contribution in [0.2, 0.25) is 0 Å². The highest BCUT2D eigenvalue weighted by Crippen LogP contribution is 2.30. The molecule has 4 rings (SSSR count). The molecular weight excluding hydrogens is 334 g/mol. The van der Waals surface area contributed by atoms with E-state index < -0.39 is 6.04 Å². The molecule has 0 bridgehead atoms. The first-order valence-electron chi connectivity index (χ1n) is 8.96. The third-order valence-corrected chi connectivity index (χ3v) is 5.47. The Bertz CT molecular complexity index is 938. The van der Waals surface area contributed by atoms with Gasteiger partial charge in [-0.25, -0.2) is 4.79 Å². The molecule has 2 saturated heterocycles. The molecule has 1 aromatic heterocycles. The number of imide groups is 1. The van der Waals surface area contributed by atoms with Gasteiger partial charge in [0.25, 0.3) is 5.91 Å². The molecule has 2 aromatic rings. The third kappa shape index (κ3) is 2.44. The fraction of sp³-hybridized carbons (Fsp3) is 0.500. The highest BCUT2D eigenvalue weighted by atomic mass is 16.2. The number of nitrogens with zero attached hydrogens (tertiary/aromatic N) is 4. The molecular formula is C18H23N5O3. The van der Waals surface area contributed by atoms with Crippen molar-refractivity contribution in [3.05, 3.63) is 28.7 Å². The fourth-order valence-electron chi connectivity index (χ4n) is 4.02. The summed E-state index contributed by atoms with van der Waals surface area (Å²) >= 11 is 0. The Morgan fingerprint density at radius 1 is 1.08 bits per heavy atom. The van der Waals surface area contributed by atoms with Crippen LogP contribution in [0.4, 0.5) is 5.69 Å². The quantitative estimate of drug-likeness (QED) is 0.770.